The number of fused-ring (bicyclic) bond motifs is 2. The number of ether oxygens (including phenoxy) is 3. The molecule has 35 heavy (non-hydrogen) atoms. The van der Waals surface area contributed by atoms with Gasteiger partial charge in [-0.3, -0.25) is 4.79 Å². The van der Waals surface area contributed by atoms with Crippen LogP contribution < -0.4 is 0 Å². The molecule has 2 bridgehead atoms. The van der Waals surface area contributed by atoms with Gasteiger partial charge in [0.1, 0.15) is 11.7 Å². The van der Waals surface area contributed by atoms with E-state index in [9.17, 15) is 49.1 Å². The Balaban J connectivity index is 2.33. The van der Waals surface area contributed by atoms with Crippen molar-refractivity contribution >= 4 is 12.1 Å². The first kappa shape index (κ1) is 29.3. The van der Waals surface area contributed by atoms with Crippen molar-refractivity contribution < 1.29 is 63.3 Å². The fourth-order valence-corrected chi connectivity index (χ4v) is 4.77. The highest BCUT2D eigenvalue weighted by molar-refractivity contribution is 5.77. The Kier molecular flexibility index (Phi) is 7.46. The average Bonchev–Trinajstić information content (AvgIpc) is 3.21. The van der Waals surface area contributed by atoms with Crippen molar-refractivity contribution in [3.05, 3.63) is 0 Å². The van der Waals surface area contributed by atoms with Gasteiger partial charge in [0.25, 0.3) is 0 Å². The van der Waals surface area contributed by atoms with Crippen molar-refractivity contribution in [2.24, 2.45) is 23.2 Å². The maximum atomic E-state index is 14.0. The molecule has 0 aromatic rings. The first-order valence-electron chi connectivity index (χ1n) is 10.8. The Hall–Kier alpha value is -1.89. The maximum absolute atomic E-state index is 14.0. The second-order valence-corrected chi connectivity index (χ2v) is 10.3. The minimum atomic E-state index is -6.08. The highest BCUT2D eigenvalue weighted by atomic mass is 19.4. The van der Waals surface area contributed by atoms with Crippen LogP contribution in [0.3, 0.4) is 0 Å². The van der Waals surface area contributed by atoms with E-state index in [-0.39, 0.29) is 6.42 Å². The summed E-state index contributed by atoms with van der Waals surface area (Å²) in [7, 11) is 0. The molecule has 2 aliphatic carbocycles. The molecule has 0 aromatic carbocycles. The molecular formula is C21H27F9O5. The average molecular weight is 530 g/mol. The first-order valence-corrected chi connectivity index (χ1v) is 10.8. The normalized spacial score (nSPS) is 27.4. The largest absolute Gasteiger partial charge is 0.510 e. The van der Waals surface area contributed by atoms with E-state index < -0.39 is 90.4 Å². The summed E-state index contributed by atoms with van der Waals surface area (Å²) in [6.07, 6.45) is -22.9. The van der Waals surface area contributed by atoms with E-state index in [4.69, 9.17) is 4.74 Å². The fourth-order valence-electron chi connectivity index (χ4n) is 4.77. The third kappa shape index (κ3) is 5.30. The summed E-state index contributed by atoms with van der Waals surface area (Å²) in [5.74, 6) is -6.41. The molecule has 2 saturated carbocycles. The Morgan fingerprint density at radius 1 is 0.743 bits per heavy atom. The highest BCUT2D eigenvalue weighted by Crippen LogP contribution is 2.62. The van der Waals surface area contributed by atoms with Gasteiger partial charge in [0, 0.05) is 5.92 Å². The summed E-state index contributed by atoms with van der Waals surface area (Å²) in [6.45, 7) is 5.37. The number of hydrogen-bond donors (Lipinski definition) is 0. The lowest BCUT2D eigenvalue weighted by atomic mass is 9.74. The molecule has 5 atom stereocenters. The van der Waals surface area contributed by atoms with Crippen LogP contribution in [-0.2, 0) is 19.0 Å². The second-order valence-electron chi connectivity index (χ2n) is 10.3. The molecular weight excluding hydrogens is 503 g/mol. The van der Waals surface area contributed by atoms with Crippen LogP contribution in [0.4, 0.5) is 44.3 Å². The third-order valence-electron chi connectivity index (χ3n) is 6.83. The van der Waals surface area contributed by atoms with Crippen molar-refractivity contribution in [1.82, 2.24) is 0 Å². The molecule has 0 spiro atoms. The zero-order valence-corrected chi connectivity index (χ0v) is 19.6. The van der Waals surface area contributed by atoms with Crippen LogP contribution >= 0.6 is 0 Å². The topological polar surface area (TPSA) is 61.8 Å². The Morgan fingerprint density at radius 2 is 1.26 bits per heavy atom. The van der Waals surface area contributed by atoms with Gasteiger partial charge in [0.05, 0.1) is 0 Å². The van der Waals surface area contributed by atoms with Crippen molar-refractivity contribution in [1.29, 1.82) is 0 Å². The molecule has 2 aliphatic rings. The quantitative estimate of drug-likeness (QED) is 0.291. The van der Waals surface area contributed by atoms with Crippen molar-refractivity contribution in [2.45, 2.75) is 96.1 Å². The lowest BCUT2D eigenvalue weighted by molar-refractivity contribution is -0.390. The summed E-state index contributed by atoms with van der Waals surface area (Å²) in [5.41, 5.74) is -9.23. The molecule has 2 fully saturated rings. The summed E-state index contributed by atoms with van der Waals surface area (Å²) in [4.78, 5) is 24.2. The molecule has 0 N–H and O–H groups in total. The predicted octanol–water partition coefficient (Wildman–Crippen LogP) is 6.74. The van der Waals surface area contributed by atoms with Crippen LogP contribution in [0.15, 0.2) is 0 Å². The van der Waals surface area contributed by atoms with Gasteiger partial charge in [-0.25, -0.2) is 4.79 Å². The van der Waals surface area contributed by atoms with E-state index in [1.54, 1.807) is 0 Å². The number of hydrogen-bond acceptors (Lipinski definition) is 5. The van der Waals surface area contributed by atoms with Gasteiger partial charge in [0.15, 0.2) is 5.41 Å². The zero-order chi connectivity index (χ0) is 27.4. The smallest absolute Gasteiger partial charge is 0.461 e. The van der Waals surface area contributed by atoms with E-state index in [2.05, 4.69) is 9.47 Å². The van der Waals surface area contributed by atoms with Crippen molar-refractivity contribution in [2.75, 3.05) is 0 Å². The van der Waals surface area contributed by atoms with Crippen LogP contribution in [0.5, 0.6) is 0 Å². The van der Waals surface area contributed by atoms with Crippen molar-refractivity contribution in [3.63, 3.8) is 0 Å². The number of carbonyl (C=O) groups is 2. The highest BCUT2D eigenvalue weighted by Gasteiger charge is 2.80. The molecule has 0 aliphatic heterocycles. The van der Waals surface area contributed by atoms with Gasteiger partial charge in [-0.2, -0.15) is 39.5 Å². The van der Waals surface area contributed by atoms with E-state index in [0.29, 0.717) is 6.92 Å². The minimum absolute atomic E-state index is 0.275. The van der Waals surface area contributed by atoms with Gasteiger partial charge >= 0.3 is 36.3 Å². The van der Waals surface area contributed by atoms with Gasteiger partial charge in [-0.1, -0.05) is 6.92 Å². The molecule has 5 unspecified atom stereocenters. The van der Waals surface area contributed by atoms with Gasteiger partial charge in [-0.15, -0.1) is 0 Å². The fraction of sp³-hybridized carbons (Fsp3) is 0.905. The van der Waals surface area contributed by atoms with E-state index in [1.165, 1.54) is 20.8 Å². The Bertz CT molecular complexity index is 798. The molecule has 14 heteroatoms. The van der Waals surface area contributed by atoms with E-state index >= 15 is 0 Å². The molecule has 0 amide bonds. The Labute approximate surface area is 195 Å². The minimum Gasteiger partial charge on any atom is -0.461 e. The number of alkyl halides is 9. The first-order chi connectivity index (χ1) is 15.5. The van der Waals surface area contributed by atoms with E-state index in [0.717, 1.165) is 6.92 Å². The number of halogens is 9. The number of carbonyl (C=O) groups excluding carboxylic acids is 2. The standard InChI is InChI=1S/C21H27F9O5/c1-6-17(5,19(22,23)24)14(31)33-13-9-10-7-11(13)8-12(10)18(20(25,26)27,21(28,29)30)35-15(32)34-16(2,3)4/h10-13H,6-9H2,1-5H3. The van der Waals surface area contributed by atoms with Crippen LogP contribution in [0, 0.1) is 23.2 Å². The van der Waals surface area contributed by atoms with Crippen LogP contribution in [0.25, 0.3) is 0 Å². The monoisotopic (exact) mass is 530 g/mol. The Morgan fingerprint density at radius 3 is 1.60 bits per heavy atom. The predicted molar refractivity (Wildman–Crippen MR) is 101 cm³/mol. The van der Waals surface area contributed by atoms with Crippen LogP contribution in [0.1, 0.15) is 60.3 Å². The lowest BCUT2D eigenvalue weighted by Crippen LogP contribution is -2.65. The van der Waals surface area contributed by atoms with E-state index in [1.807, 2.05) is 0 Å². The second kappa shape index (κ2) is 8.89. The molecule has 0 saturated heterocycles. The molecule has 204 valence electrons. The zero-order valence-electron chi connectivity index (χ0n) is 19.6. The van der Waals surface area contributed by atoms with Crippen molar-refractivity contribution in [3.8, 4) is 0 Å². The third-order valence-corrected chi connectivity index (χ3v) is 6.83. The molecule has 2 rings (SSSR count). The SMILES string of the molecule is CCC(C)(C(=O)OC1CC2CC1CC2C(OC(=O)OC(C)(C)C)(C(F)(F)F)C(F)(F)F)C(F)(F)F. The van der Waals surface area contributed by atoms with Gasteiger partial charge in [0.2, 0.25) is 0 Å². The van der Waals surface area contributed by atoms with Gasteiger partial charge < -0.3 is 14.2 Å². The lowest BCUT2D eigenvalue weighted by Gasteiger charge is -2.44. The van der Waals surface area contributed by atoms with Crippen LogP contribution in [0.2, 0.25) is 0 Å². The number of esters is 1. The summed E-state index contributed by atoms with van der Waals surface area (Å²) >= 11 is 0. The summed E-state index contributed by atoms with van der Waals surface area (Å²) in [5, 5.41) is 0. The number of rotatable bonds is 5. The molecule has 0 radical (unpaired) electrons. The molecule has 5 nitrogen and oxygen atoms in total. The summed E-state index contributed by atoms with van der Waals surface area (Å²) < 4.78 is 138. The van der Waals surface area contributed by atoms with Crippen LogP contribution in [-0.4, -0.2) is 48.0 Å². The maximum Gasteiger partial charge on any atom is 0.510 e. The summed E-state index contributed by atoms with van der Waals surface area (Å²) in [6, 6.07) is 0. The van der Waals surface area contributed by atoms with Gasteiger partial charge in [-0.05, 0) is 65.2 Å². The molecule has 0 heterocycles. The molecule has 0 aromatic heterocycles.